The molecule has 0 saturated heterocycles. The second-order valence-electron chi connectivity index (χ2n) is 4.15. The summed E-state index contributed by atoms with van der Waals surface area (Å²) in [5.41, 5.74) is 6.13. The number of guanidine groups is 1. The Hall–Kier alpha value is -2.00. The second kappa shape index (κ2) is 9.11. The summed E-state index contributed by atoms with van der Waals surface area (Å²) in [6.45, 7) is 1.14. The van der Waals surface area contributed by atoms with E-state index in [1.54, 1.807) is 0 Å². The van der Waals surface area contributed by atoms with Crippen molar-refractivity contribution in [3.8, 4) is 5.75 Å². The van der Waals surface area contributed by atoms with Gasteiger partial charge < -0.3 is 25.6 Å². The van der Waals surface area contributed by atoms with Crippen LogP contribution < -0.4 is 15.8 Å². The number of nitrogens with one attached hydrogen (secondary N) is 1. The molecule has 22 heavy (non-hydrogen) atoms. The zero-order valence-corrected chi connectivity index (χ0v) is 11.8. The van der Waals surface area contributed by atoms with Crippen LogP contribution in [0.5, 0.6) is 5.75 Å². The highest BCUT2D eigenvalue weighted by molar-refractivity contribution is 5.92. The van der Waals surface area contributed by atoms with Crippen molar-refractivity contribution < 1.29 is 27.8 Å². The Morgan fingerprint density at radius 3 is 2.50 bits per heavy atom. The van der Waals surface area contributed by atoms with Crippen LogP contribution in [0.2, 0.25) is 0 Å². The number of anilines is 1. The summed E-state index contributed by atoms with van der Waals surface area (Å²) >= 11 is 0. The molecule has 0 aliphatic heterocycles. The van der Waals surface area contributed by atoms with Crippen molar-refractivity contribution in [2.45, 2.75) is 12.8 Å². The SMILES string of the molecule is NC(=NCCCOCCO)Nc1ccc(OC(F)(F)F)cc1. The highest BCUT2D eigenvalue weighted by Crippen LogP contribution is 2.23. The zero-order valence-electron chi connectivity index (χ0n) is 11.8. The first-order valence-corrected chi connectivity index (χ1v) is 6.52. The van der Waals surface area contributed by atoms with Crippen LogP contribution in [-0.4, -0.2) is 43.8 Å². The van der Waals surface area contributed by atoms with Gasteiger partial charge in [-0.15, -0.1) is 13.2 Å². The Balaban J connectivity index is 2.36. The van der Waals surface area contributed by atoms with Crippen LogP contribution in [0.25, 0.3) is 0 Å². The third-order valence-corrected chi connectivity index (χ3v) is 2.32. The molecule has 6 nitrogen and oxygen atoms in total. The molecule has 0 bridgehead atoms. The molecular weight excluding hydrogens is 303 g/mol. The molecule has 0 radical (unpaired) electrons. The third kappa shape index (κ3) is 8.32. The van der Waals surface area contributed by atoms with Crippen molar-refractivity contribution in [3.63, 3.8) is 0 Å². The zero-order chi connectivity index (χ0) is 16.4. The summed E-state index contributed by atoms with van der Waals surface area (Å²) < 4.78 is 44.8. The van der Waals surface area contributed by atoms with Crippen LogP contribution in [0.15, 0.2) is 29.3 Å². The fraction of sp³-hybridized carbons (Fsp3) is 0.462. The van der Waals surface area contributed by atoms with Gasteiger partial charge in [0, 0.05) is 18.8 Å². The van der Waals surface area contributed by atoms with Crippen molar-refractivity contribution >= 4 is 11.6 Å². The van der Waals surface area contributed by atoms with Gasteiger partial charge in [0.25, 0.3) is 0 Å². The van der Waals surface area contributed by atoms with Gasteiger partial charge in [-0.05, 0) is 30.7 Å². The van der Waals surface area contributed by atoms with Crippen molar-refractivity contribution in [1.29, 1.82) is 0 Å². The molecular formula is C13H18F3N3O3. The Morgan fingerprint density at radius 1 is 1.23 bits per heavy atom. The first kappa shape index (κ1) is 18.1. The van der Waals surface area contributed by atoms with E-state index < -0.39 is 6.36 Å². The minimum Gasteiger partial charge on any atom is -0.406 e. The number of benzene rings is 1. The molecule has 124 valence electrons. The number of hydrogen-bond acceptors (Lipinski definition) is 4. The second-order valence-corrected chi connectivity index (χ2v) is 4.15. The van der Waals surface area contributed by atoms with Crippen LogP contribution in [-0.2, 0) is 4.74 Å². The number of ether oxygens (including phenoxy) is 2. The molecule has 4 N–H and O–H groups in total. The topological polar surface area (TPSA) is 89.1 Å². The standard InChI is InChI=1S/C13H18F3N3O3/c14-13(15,16)22-11-4-2-10(3-5-11)19-12(17)18-6-1-8-21-9-7-20/h2-5,20H,1,6-9H2,(H3,17,18,19). The predicted molar refractivity (Wildman–Crippen MR) is 75.8 cm³/mol. The number of nitrogens with zero attached hydrogens (tertiary/aromatic N) is 1. The van der Waals surface area contributed by atoms with Crippen molar-refractivity contribution in [2.24, 2.45) is 10.7 Å². The molecule has 0 unspecified atom stereocenters. The van der Waals surface area contributed by atoms with Crippen LogP contribution in [0, 0.1) is 0 Å². The number of aliphatic imine (C=N–C) groups is 1. The van der Waals surface area contributed by atoms with Gasteiger partial charge in [0.2, 0.25) is 0 Å². The van der Waals surface area contributed by atoms with Gasteiger partial charge in [-0.1, -0.05) is 0 Å². The largest absolute Gasteiger partial charge is 0.573 e. The summed E-state index contributed by atoms with van der Waals surface area (Å²) in [7, 11) is 0. The highest BCUT2D eigenvalue weighted by Gasteiger charge is 2.30. The van der Waals surface area contributed by atoms with Crippen LogP contribution in [0.1, 0.15) is 6.42 Å². The normalized spacial score (nSPS) is 12.3. The monoisotopic (exact) mass is 321 g/mol. The molecule has 0 aliphatic rings. The van der Waals surface area contributed by atoms with E-state index >= 15 is 0 Å². The molecule has 9 heteroatoms. The summed E-state index contributed by atoms with van der Waals surface area (Å²) in [6.07, 6.45) is -4.08. The predicted octanol–water partition coefficient (Wildman–Crippen LogP) is 1.71. The lowest BCUT2D eigenvalue weighted by molar-refractivity contribution is -0.274. The molecule has 0 saturated carbocycles. The maximum absolute atomic E-state index is 12.0. The fourth-order valence-electron chi connectivity index (χ4n) is 1.46. The van der Waals surface area contributed by atoms with Crippen LogP contribution >= 0.6 is 0 Å². The van der Waals surface area contributed by atoms with Gasteiger partial charge in [-0.25, -0.2) is 0 Å². The van der Waals surface area contributed by atoms with Gasteiger partial charge >= 0.3 is 6.36 Å². The Morgan fingerprint density at radius 2 is 1.91 bits per heavy atom. The van der Waals surface area contributed by atoms with E-state index in [0.717, 1.165) is 0 Å². The lowest BCUT2D eigenvalue weighted by Gasteiger charge is -2.10. The minimum absolute atomic E-state index is 0.0268. The fourth-order valence-corrected chi connectivity index (χ4v) is 1.46. The Kier molecular flexibility index (Phi) is 7.47. The molecule has 0 fully saturated rings. The number of hydrogen-bond donors (Lipinski definition) is 3. The summed E-state index contributed by atoms with van der Waals surface area (Å²) in [5.74, 6) is -0.166. The van der Waals surface area contributed by atoms with Gasteiger partial charge in [-0.2, -0.15) is 0 Å². The summed E-state index contributed by atoms with van der Waals surface area (Å²) in [5, 5.41) is 11.2. The molecule has 0 spiro atoms. The van der Waals surface area contributed by atoms with Gasteiger partial charge in [0.1, 0.15) is 5.75 Å². The first-order chi connectivity index (χ1) is 10.4. The average Bonchev–Trinajstić information content (AvgIpc) is 2.43. The van der Waals surface area contributed by atoms with E-state index in [0.29, 0.717) is 25.3 Å². The highest BCUT2D eigenvalue weighted by atomic mass is 19.4. The van der Waals surface area contributed by atoms with Crippen LogP contribution in [0.3, 0.4) is 0 Å². The maximum atomic E-state index is 12.0. The lowest BCUT2D eigenvalue weighted by Crippen LogP contribution is -2.23. The number of aliphatic hydroxyl groups is 1. The van der Waals surface area contributed by atoms with Gasteiger partial charge in [0.15, 0.2) is 5.96 Å². The number of nitrogens with two attached hydrogens (primary N) is 1. The van der Waals surface area contributed by atoms with Gasteiger partial charge in [0.05, 0.1) is 13.2 Å². The molecule has 0 amide bonds. The van der Waals surface area contributed by atoms with Gasteiger partial charge in [-0.3, -0.25) is 4.99 Å². The third-order valence-electron chi connectivity index (χ3n) is 2.32. The van der Waals surface area contributed by atoms with Crippen molar-refractivity contribution in [3.05, 3.63) is 24.3 Å². The van der Waals surface area contributed by atoms with E-state index in [2.05, 4.69) is 15.0 Å². The minimum atomic E-state index is -4.71. The maximum Gasteiger partial charge on any atom is 0.573 e. The number of halogens is 3. The van der Waals surface area contributed by atoms with Crippen molar-refractivity contribution in [2.75, 3.05) is 31.7 Å². The number of aliphatic hydroxyl groups excluding tert-OH is 1. The summed E-state index contributed by atoms with van der Waals surface area (Å²) in [4.78, 5) is 4.03. The Labute approximate surface area is 125 Å². The Bertz CT molecular complexity index is 464. The average molecular weight is 321 g/mol. The van der Waals surface area contributed by atoms with E-state index in [-0.39, 0.29) is 24.9 Å². The van der Waals surface area contributed by atoms with E-state index in [4.69, 9.17) is 15.6 Å². The number of rotatable bonds is 8. The van der Waals surface area contributed by atoms with E-state index in [1.165, 1.54) is 24.3 Å². The molecule has 1 aromatic rings. The molecule has 1 rings (SSSR count). The van der Waals surface area contributed by atoms with Crippen molar-refractivity contribution in [1.82, 2.24) is 0 Å². The molecule has 1 aromatic carbocycles. The first-order valence-electron chi connectivity index (χ1n) is 6.52. The van der Waals surface area contributed by atoms with E-state index in [1.807, 2.05) is 0 Å². The molecule has 0 aromatic heterocycles. The smallest absolute Gasteiger partial charge is 0.406 e. The summed E-state index contributed by atoms with van der Waals surface area (Å²) in [6, 6.07) is 5.14. The molecule has 0 heterocycles. The molecule has 0 atom stereocenters. The van der Waals surface area contributed by atoms with Crippen LogP contribution in [0.4, 0.5) is 18.9 Å². The number of alkyl halides is 3. The van der Waals surface area contributed by atoms with E-state index in [9.17, 15) is 13.2 Å². The molecule has 0 aliphatic carbocycles. The lowest BCUT2D eigenvalue weighted by atomic mass is 10.3. The quantitative estimate of drug-likeness (QED) is 0.385.